The van der Waals surface area contributed by atoms with Gasteiger partial charge in [-0.1, -0.05) is 26.0 Å². The van der Waals surface area contributed by atoms with Gasteiger partial charge in [0.1, 0.15) is 17.3 Å². The Morgan fingerprint density at radius 1 is 1.25 bits per heavy atom. The lowest BCUT2D eigenvalue weighted by Gasteiger charge is -2.15. The number of benzene rings is 1. The molecule has 1 atom stereocenters. The Morgan fingerprint density at radius 2 is 2.00 bits per heavy atom. The van der Waals surface area contributed by atoms with E-state index in [0.717, 1.165) is 31.4 Å². The van der Waals surface area contributed by atoms with Crippen LogP contribution in [-0.4, -0.2) is 54.0 Å². The van der Waals surface area contributed by atoms with Crippen molar-refractivity contribution < 1.29 is 14.7 Å². The normalized spacial score (nSPS) is 16.2. The summed E-state index contributed by atoms with van der Waals surface area (Å²) >= 11 is 1.37. The molecule has 5 rings (SSSR count). The first kappa shape index (κ1) is 24.4. The summed E-state index contributed by atoms with van der Waals surface area (Å²) in [5, 5.41) is 11.4. The lowest BCUT2D eigenvalue weighted by atomic mass is 10.1. The Balaban J connectivity index is 1.71. The van der Waals surface area contributed by atoms with Crippen LogP contribution in [0.25, 0.3) is 21.3 Å². The second-order valence-corrected chi connectivity index (χ2v) is 10.7. The fourth-order valence-corrected chi connectivity index (χ4v) is 6.00. The highest BCUT2D eigenvalue weighted by molar-refractivity contribution is 7.18. The fourth-order valence-electron chi connectivity index (χ4n) is 4.70. The summed E-state index contributed by atoms with van der Waals surface area (Å²) in [5.74, 6) is 0.645. The number of hydroxylamine groups is 2. The molecule has 0 spiro atoms. The van der Waals surface area contributed by atoms with Gasteiger partial charge in [0, 0.05) is 18.5 Å². The molecule has 1 N–H and O–H groups in total. The monoisotopic (exact) mass is 511 g/mol. The van der Waals surface area contributed by atoms with Gasteiger partial charge in [0.25, 0.3) is 11.5 Å². The third-order valence-corrected chi connectivity index (χ3v) is 7.69. The standard InChI is InChI=1S/C25H29N5O5S/c1-14(2)10-29-24-22(23(33)27(4)25(29)34)17(9-21(32)30-11-16(31)13-35-30)20(36-24)12-28-15(3)26-18-7-5-6-8-19(18)28/h5-8,14,16,31H,9-13H2,1-4H3/t16-/m0/s1. The number of rotatable bonds is 6. The summed E-state index contributed by atoms with van der Waals surface area (Å²) in [5.41, 5.74) is 1.60. The zero-order valence-electron chi connectivity index (χ0n) is 20.7. The molecule has 1 aliphatic rings. The first-order valence-corrected chi connectivity index (χ1v) is 12.7. The number of aromatic nitrogens is 4. The van der Waals surface area contributed by atoms with Gasteiger partial charge in [0.2, 0.25) is 0 Å². The topological polar surface area (TPSA) is 112 Å². The zero-order chi connectivity index (χ0) is 25.7. The Hall–Kier alpha value is -3.28. The average molecular weight is 512 g/mol. The number of aliphatic hydroxyl groups excluding tert-OH is 1. The van der Waals surface area contributed by atoms with Crippen LogP contribution in [0.3, 0.4) is 0 Å². The van der Waals surface area contributed by atoms with Crippen molar-refractivity contribution in [1.29, 1.82) is 0 Å². The number of aryl methyl sites for hydroxylation is 1. The van der Waals surface area contributed by atoms with Gasteiger partial charge >= 0.3 is 5.69 Å². The number of nitrogens with zero attached hydrogens (tertiary/aromatic N) is 5. The van der Waals surface area contributed by atoms with E-state index in [1.54, 1.807) is 4.57 Å². The number of para-hydroxylation sites is 2. The van der Waals surface area contributed by atoms with E-state index in [2.05, 4.69) is 9.55 Å². The minimum absolute atomic E-state index is 0.0545. The third-order valence-electron chi connectivity index (χ3n) is 6.45. The summed E-state index contributed by atoms with van der Waals surface area (Å²) in [6.45, 7) is 6.93. The minimum atomic E-state index is -0.739. The molecule has 10 nitrogen and oxygen atoms in total. The van der Waals surface area contributed by atoms with Crippen LogP contribution >= 0.6 is 11.3 Å². The van der Waals surface area contributed by atoms with Crippen molar-refractivity contribution in [3.05, 3.63) is 61.4 Å². The highest BCUT2D eigenvalue weighted by atomic mass is 32.1. The number of carbonyl (C=O) groups is 1. The van der Waals surface area contributed by atoms with E-state index in [-0.39, 0.29) is 37.1 Å². The van der Waals surface area contributed by atoms with Crippen molar-refractivity contribution in [1.82, 2.24) is 23.7 Å². The third kappa shape index (κ3) is 4.16. The molecule has 0 unspecified atom stereocenters. The van der Waals surface area contributed by atoms with E-state index in [1.807, 2.05) is 45.0 Å². The molecule has 1 amide bonds. The van der Waals surface area contributed by atoms with Crippen LogP contribution in [0.5, 0.6) is 0 Å². The van der Waals surface area contributed by atoms with E-state index in [4.69, 9.17) is 4.84 Å². The highest BCUT2D eigenvalue weighted by Gasteiger charge is 2.29. The predicted molar refractivity (Wildman–Crippen MR) is 137 cm³/mol. The summed E-state index contributed by atoms with van der Waals surface area (Å²) in [6, 6.07) is 7.81. The number of hydrogen-bond donors (Lipinski definition) is 1. The summed E-state index contributed by atoms with van der Waals surface area (Å²) < 4.78 is 4.81. The maximum Gasteiger partial charge on any atom is 0.331 e. The van der Waals surface area contributed by atoms with E-state index in [1.165, 1.54) is 18.4 Å². The average Bonchev–Trinajstić information content (AvgIpc) is 3.51. The smallest absolute Gasteiger partial charge is 0.331 e. The fraction of sp³-hybridized carbons (Fsp3) is 0.440. The Kier molecular flexibility index (Phi) is 6.31. The van der Waals surface area contributed by atoms with Crippen LogP contribution in [-0.2, 0) is 36.2 Å². The van der Waals surface area contributed by atoms with Crippen molar-refractivity contribution in [3.8, 4) is 0 Å². The van der Waals surface area contributed by atoms with Crippen LogP contribution < -0.4 is 11.2 Å². The van der Waals surface area contributed by atoms with Crippen molar-refractivity contribution in [3.63, 3.8) is 0 Å². The molecule has 0 aliphatic carbocycles. The van der Waals surface area contributed by atoms with Crippen LogP contribution in [0.2, 0.25) is 0 Å². The van der Waals surface area contributed by atoms with Gasteiger partial charge < -0.3 is 9.67 Å². The van der Waals surface area contributed by atoms with Gasteiger partial charge in [0.05, 0.1) is 42.0 Å². The Morgan fingerprint density at radius 3 is 2.69 bits per heavy atom. The molecular formula is C25H29N5O5S. The maximum atomic E-state index is 13.4. The van der Waals surface area contributed by atoms with Gasteiger partial charge in [0.15, 0.2) is 0 Å². The van der Waals surface area contributed by atoms with E-state index in [9.17, 15) is 19.5 Å². The Labute approximate surface area is 210 Å². The molecule has 4 heterocycles. The van der Waals surface area contributed by atoms with Gasteiger partial charge in [-0.15, -0.1) is 11.3 Å². The molecule has 1 saturated heterocycles. The number of amides is 1. The quantitative estimate of drug-likeness (QED) is 0.423. The van der Waals surface area contributed by atoms with E-state index in [0.29, 0.717) is 28.9 Å². The maximum absolute atomic E-state index is 13.4. The number of β-amino-alcohol motifs (C(OH)–C–C–N with tert-alkyl or cyclic N) is 1. The molecule has 1 aliphatic heterocycles. The van der Waals surface area contributed by atoms with Crippen LogP contribution in [0, 0.1) is 12.8 Å². The molecule has 190 valence electrons. The van der Waals surface area contributed by atoms with Gasteiger partial charge in [-0.25, -0.2) is 14.8 Å². The lowest BCUT2D eigenvalue weighted by molar-refractivity contribution is -0.167. The largest absolute Gasteiger partial charge is 0.389 e. The number of imidazole rings is 1. The molecule has 1 fully saturated rings. The number of fused-ring (bicyclic) bond motifs is 2. The molecular weight excluding hydrogens is 482 g/mol. The first-order valence-electron chi connectivity index (χ1n) is 11.9. The molecule has 1 aromatic carbocycles. The minimum Gasteiger partial charge on any atom is -0.389 e. The highest BCUT2D eigenvalue weighted by Crippen LogP contribution is 2.32. The molecule has 36 heavy (non-hydrogen) atoms. The van der Waals surface area contributed by atoms with E-state index < -0.39 is 11.7 Å². The molecule has 3 aromatic heterocycles. The van der Waals surface area contributed by atoms with Crippen molar-refractivity contribution >= 4 is 38.5 Å². The van der Waals surface area contributed by atoms with Gasteiger partial charge in [-0.2, -0.15) is 0 Å². The zero-order valence-corrected chi connectivity index (χ0v) is 21.5. The van der Waals surface area contributed by atoms with E-state index >= 15 is 0 Å². The number of carbonyl (C=O) groups excluding carboxylic acids is 1. The predicted octanol–water partition coefficient (Wildman–Crippen LogP) is 1.80. The molecule has 0 saturated carbocycles. The molecule has 0 radical (unpaired) electrons. The van der Waals surface area contributed by atoms with Crippen LogP contribution in [0.1, 0.15) is 30.1 Å². The van der Waals surface area contributed by atoms with Crippen molar-refractivity contribution in [2.24, 2.45) is 13.0 Å². The number of aliphatic hydroxyl groups is 1. The SMILES string of the molecule is Cc1nc2ccccc2n1Cc1sc2c(c1CC(=O)N1C[C@H](O)CO1)c(=O)n(C)c(=O)n2CC(C)C. The van der Waals surface area contributed by atoms with Crippen molar-refractivity contribution in [2.45, 2.75) is 46.4 Å². The second kappa shape index (κ2) is 9.30. The second-order valence-electron chi connectivity index (χ2n) is 9.65. The first-order chi connectivity index (χ1) is 17.2. The molecule has 11 heteroatoms. The van der Waals surface area contributed by atoms with Crippen LogP contribution in [0.4, 0.5) is 0 Å². The number of thiophene rings is 1. The summed E-state index contributed by atoms with van der Waals surface area (Å²) in [7, 11) is 1.47. The summed E-state index contributed by atoms with van der Waals surface area (Å²) in [4.78, 5) is 51.0. The van der Waals surface area contributed by atoms with Crippen molar-refractivity contribution in [2.75, 3.05) is 13.2 Å². The van der Waals surface area contributed by atoms with Gasteiger partial charge in [-0.05, 0) is 30.5 Å². The number of hydrogen-bond acceptors (Lipinski definition) is 7. The Bertz CT molecular complexity index is 1590. The van der Waals surface area contributed by atoms with Gasteiger partial charge in [-0.3, -0.25) is 23.6 Å². The lowest BCUT2D eigenvalue weighted by Crippen LogP contribution is -2.39. The molecule has 4 aromatic rings. The molecule has 0 bridgehead atoms. The summed E-state index contributed by atoms with van der Waals surface area (Å²) in [6.07, 6.45) is -0.820. The van der Waals surface area contributed by atoms with Crippen LogP contribution in [0.15, 0.2) is 33.9 Å².